The minimum Gasteiger partial charge on any atom is -0.478 e. The lowest BCUT2D eigenvalue weighted by atomic mass is 10.2. The van der Waals surface area contributed by atoms with Crippen molar-refractivity contribution in [3.05, 3.63) is 57.8 Å². The Kier molecular flexibility index (Phi) is 4.33. The van der Waals surface area contributed by atoms with Crippen LogP contribution < -0.4 is 5.32 Å². The first-order chi connectivity index (χ1) is 9.61. The molecule has 0 saturated heterocycles. The lowest BCUT2D eigenvalue weighted by Gasteiger charge is -2.09. The van der Waals surface area contributed by atoms with Crippen molar-refractivity contribution >= 4 is 27.6 Å². The summed E-state index contributed by atoms with van der Waals surface area (Å²) in [4.78, 5) is 15.0. The standard InChI is InChI=1S/C14H10BrN3O2/c15-12-2-1-3-13(11(12)7-16)18-8-10-6-9(14(19)20)4-5-17-10/h1-6,18H,8H2,(H,19,20). The molecule has 0 atom stereocenters. The molecule has 6 heteroatoms. The van der Waals surface area contributed by atoms with Crippen molar-refractivity contribution in [2.45, 2.75) is 6.54 Å². The monoisotopic (exact) mass is 331 g/mol. The van der Waals surface area contributed by atoms with Gasteiger partial charge in [0.25, 0.3) is 0 Å². The lowest BCUT2D eigenvalue weighted by molar-refractivity contribution is 0.0696. The van der Waals surface area contributed by atoms with E-state index < -0.39 is 5.97 Å². The fourth-order valence-corrected chi connectivity index (χ4v) is 2.13. The second-order valence-corrected chi connectivity index (χ2v) is 4.82. The van der Waals surface area contributed by atoms with Crippen LogP contribution in [-0.4, -0.2) is 16.1 Å². The van der Waals surface area contributed by atoms with Gasteiger partial charge in [-0.1, -0.05) is 6.07 Å². The predicted octanol–water partition coefficient (Wildman–Crippen LogP) is 3.03. The highest BCUT2D eigenvalue weighted by Crippen LogP contribution is 2.24. The van der Waals surface area contributed by atoms with Gasteiger partial charge in [0, 0.05) is 10.7 Å². The summed E-state index contributed by atoms with van der Waals surface area (Å²) < 4.78 is 0.706. The number of carbonyl (C=O) groups is 1. The first kappa shape index (κ1) is 14.0. The summed E-state index contributed by atoms with van der Waals surface area (Å²) in [6.45, 7) is 0.340. The highest BCUT2D eigenvalue weighted by atomic mass is 79.9. The molecule has 0 unspecified atom stereocenters. The summed E-state index contributed by atoms with van der Waals surface area (Å²) in [6, 6.07) is 10.4. The zero-order valence-electron chi connectivity index (χ0n) is 10.3. The Morgan fingerprint density at radius 2 is 2.25 bits per heavy atom. The Labute approximate surface area is 124 Å². The molecule has 2 rings (SSSR count). The molecule has 1 aromatic heterocycles. The third-order valence-corrected chi connectivity index (χ3v) is 3.31. The first-order valence-corrected chi connectivity index (χ1v) is 6.52. The van der Waals surface area contributed by atoms with Crippen LogP contribution in [-0.2, 0) is 6.54 Å². The minimum absolute atomic E-state index is 0.187. The Balaban J connectivity index is 2.17. The van der Waals surface area contributed by atoms with Crippen molar-refractivity contribution in [1.29, 1.82) is 5.26 Å². The fourth-order valence-electron chi connectivity index (χ4n) is 1.68. The van der Waals surface area contributed by atoms with Crippen LogP contribution in [0.25, 0.3) is 0 Å². The number of rotatable bonds is 4. The van der Waals surface area contributed by atoms with E-state index in [4.69, 9.17) is 10.4 Å². The number of pyridine rings is 1. The zero-order valence-corrected chi connectivity index (χ0v) is 11.9. The second kappa shape index (κ2) is 6.17. The molecule has 0 saturated carbocycles. The maximum atomic E-state index is 10.9. The quantitative estimate of drug-likeness (QED) is 0.899. The highest BCUT2D eigenvalue weighted by molar-refractivity contribution is 9.10. The molecular weight excluding hydrogens is 322 g/mol. The van der Waals surface area contributed by atoms with Crippen molar-refractivity contribution in [2.75, 3.05) is 5.32 Å². The van der Waals surface area contributed by atoms with Crippen LogP contribution in [0.4, 0.5) is 5.69 Å². The van der Waals surface area contributed by atoms with Gasteiger partial charge >= 0.3 is 5.97 Å². The van der Waals surface area contributed by atoms with Gasteiger partial charge in [0.2, 0.25) is 0 Å². The van der Waals surface area contributed by atoms with E-state index in [-0.39, 0.29) is 5.56 Å². The number of anilines is 1. The van der Waals surface area contributed by atoms with Gasteiger partial charge in [-0.3, -0.25) is 4.98 Å². The molecule has 0 aliphatic rings. The van der Waals surface area contributed by atoms with Crippen LogP contribution in [0.2, 0.25) is 0 Å². The molecule has 0 aliphatic carbocycles. The van der Waals surface area contributed by atoms with Gasteiger partial charge in [0.15, 0.2) is 0 Å². The maximum absolute atomic E-state index is 10.9. The second-order valence-electron chi connectivity index (χ2n) is 3.97. The van der Waals surface area contributed by atoms with E-state index >= 15 is 0 Å². The van der Waals surface area contributed by atoms with Gasteiger partial charge in [-0.25, -0.2) is 4.79 Å². The summed E-state index contributed by atoms with van der Waals surface area (Å²) in [5, 5.41) is 21.1. The van der Waals surface area contributed by atoms with E-state index in [2.05, 4.69) is 32.3 Å². The summed E-state index contributed by atoms with van der Waals surface area (Å²) >= 11 is 3.31. The molecule has 0 bridgehead atoms. The molecule has 1 aromatic carbocycles. The van der Waals surface area contributed by atoms with E-state index in [1.54, 1.807) is 12.1 Å². The van der Waals surface area contributed by atoms with Gasteiger partial charge in [0.1, 0.15) is 6.07 Å². The summed E-state index contributed by atoms with van der Waals surface area (Å²) in [7, 11) is 0. The van der Waals surface area contributed by atoms with Crippen LogP contribution >= 0.6 is 15.9 Å². The number of halogens is 1. The predicted molar refractivity (Wildman–Crippen MR) is 77.4 cm³/mol. The zero-order chi connectivity index (χ0) is 14.5. The van der Waals surface area contributed by atoms with Gasteiger partial charge < -0.3 is 10.4 Å². The van der Waals surface area contributed by atoms with E-state index in [1.165, 1.54) is 18.3 Å². The molecule has 2 N–H and O–H groups in total. The number of nitrogens with zero attached hydrogens (tertiary/aromatic N) is 2. The number of hydrogen-bond donors (Lipinski definition) is 2. The SMILES string of the molecule is N#Cc1c(Br)cccc1NCc1cc(C(=O)O)ccn1. The lowest BCUT2D eigenvalue weighted by Crippen LogP contribution is -2.05. The number of benzene rings is 1. The Bertz CT molecular complexity index is 695. The molecule has 0 spiro atoms. The van der Waals surface area contributed by atoms with E-state index in [0.29, 0.717) is 28.0 Å². The van der Waals surface area contributed by atoms with Gasteiger partial charge in [-0.05, 0) is 40.2 Å². The van der Waals surface area contributed by atoms with Crippen molar-refractivity contribution < 1.29 is 9.90 Å². The van der Waals surface area contributed by atoms with Gasteiger partial charge in [0.05, 0.1) is 29.1 Å². The Morgan fingerprint density at radius 1 is 1.45 bits per heavy atom. The van der Waals surface area contributed by atoms with Crippen molar-refractivity contribution in [1.82, 2.24) is 4.98 Å². The average molecular weight is 332 g/mol. The number of hydrogen-bond acceptors (Lipinski definition) is 4. The highest BCUT2D eigenvalue weighted by Gasteiger charge is 2.07. The van der Waals surface area contributed by atoms with Crippen molar-refractivity contribution in [3.63, 3.8) is 0 Å². The smallest absolute Gasteiger partial charge is 0.335 e. The van der Waals surface area contributed by atoms with Gasteiger partial charge in [-0.15, -0.1) is 0 Å². The normalized spacial score (nSPS) is 9.80. The Hall–Kier alpha value is -2.39. The minimum atomic E-state index is -0.992. The van der Waals surface area contributed by atoms with Crippen LogP contribution in [0.15, 0.2) is 41.0 Å². The third kappa shape index (κ3) is 3.13. The number of nitriles is 1. The molecular formula is C14H10BrN3O2. The van der Waals surface area contributed by atoms with Crippen LogP contribution in [0.3, 0.4) is 0 Å². The number of aromatic nitrogens is 1. The molecule has 1 heterocycles. The van der Waals surface area contributed by atoms with Crippen molar-refractivity contribution in [3.8, 4) is 6.07 Å². The maximum Gasteiger partial charge on any atom is 0.335 e. The molecule has 2 aromatic rings. The van der Waals surface area contributed by atoms with Crippen molar-refractivity contribution in [2.24, 2.45) is 0 Å². The topological polar surface area (TPSA) is 86.0 Å². The molecule has 5 nitrogen and oxygen atoms in total. The van der Waals surface area contributed by atoms with Crippen LogP contribution in [0, 0.1) is 11.3 Å². The molecule has 0 amide bonds. The molecule has 0 aliphatic heterocycles. The molecule has 100 valence electrons. The van der Waals surface area contributed by atoms with Crippen LogP contribution in [0.1, 0.15) is 21.6 Å². The van der Waals surface area contributed by atoms with Crippen LogP contribution in [0.5, 0.6) is 0 Å². The molecule has 0 fully saturated rings. The average Bonchev–Trinajstić information content (AvgIpc) is 2.45. The number of nitrogens with one attached hydrogen (secondary N) is 1. The van der Waals surface area contributed by atoms with Gasteiger partial charge in [-0.2, -0.15) is 5.26 Å². The van der Waals surface area contributed by atoms with E-state index in [1.807, 2.05) is 6.07 Å². The van der Waals surface area contributed by atoms with E-state index in [9.17, 15) is 4.79 Å². The summed E-state index contributed by atoms with van der Waals surface area (Å²) in [5.41, 5.74) is 1.95. The summed E-state index contributed by atoms with van der Waals surface area (Å²) in [5.74, 6) is -0.992. The molecule has 20 heavy (non-hydrogen) atoms. The number of carboxylic acid groups (broad SMARTS) is 1. The first-order valence-electron chi connectivity index (χ1n) is 5.72. The number of carboxylic acids is 1. The largest absolute Gasteiger partial charge is 0.478 e. The third-order valence-electron chi connectivity index (χ3n) is 2.65. The Morgan fingerprint density at radius 3 is 2.95 bits per heavy atom. The number of aromatic carboxylic acids is 1. The summed E-state index contributed by atoms with van der Waals surface area (Å²) in [6.07, 6.45) is 1.45. The van der Waals surface area contributed by atoms with E-state index in [0.717, 1.165) is 0 Å². The fraction of sp³-hybridized carbons (Fsp3) is 0.0714. The molecule has 0 radical (unpaired) electrons.